The predicted molar refractivity (Wildman–Crippen MR) is 141 cm³/mol. The molecule has 0 unspecified atom stereocenters. The van der Waals surface area contributed by atoms with Crippen molar-refractivity contribution in [1.29, 1.82) is 0 Å². The molecule has 4 aromatic rings. The molecule has 0 aliphatic carbocycles. The number of rotatable bonds is 7. The average molecular weight is 517 g/mol. The van der Waals surface area contributed by atoms with Crippen LogP contribution in [-0.2, 0) is 16.1 Å². The number of aromatic nitrogens is 4. The average Bonchev–Trinajstić information content (AvgIpc) is 3.31. The first-order chi connectivity index (χ1) is 18.0. The standard InChI is InChI=1S/C28H29FN6O3/c1-18-5-7-20(8-6-18)26-31-33-34(32-26)17-24(37)35(22-13-11-21(29)12-14-22)25(27(38)30-28(2,3)4)19-9-15-23(36)16-10-19/h5-16,25,36H,17H2,1-4H3,(H,30,38)/t25-/m0/s1. The number of carbonyl (C=O) groups is 2. The third-order valence-corrected chi connectivity index (χ3v) is 5.63. The number of tetrazole rings is 1. The van der Waals surface area contributed by atoms with Gasteiger partial charge in [-0.2, -0.15) is 4.80 Å². The molecule has 196 valence electrons. The number of phenols is 1. The molecule has 1 atom stereocenters. The molecule has 4 rings (SSSR count). The number of aromatic hydroxyl groups is 1. The fourth-order valence-corrected chi connectivity index (χ4v) is 3.88. The number of hydrogen-bond acceptors (Lipinski definition) is 6. The van der Waals surface area contributed by atoms with Gasteiger partial charge in [-0.15, -0.1) is 10.2 Å². The van der Waals surface area contributed by atoms with Crippen molar-refractivity contribution in [3.05, 3.63) is 89.7 Å². The van der Waals surface area contributed by atoms with E-state index in [9.17, 15) is 19.1 Å². The number of hydrogen-bond donors (Lipinski definition) is 2. The van der Waals surface area contributed by atoms with Crippen LogP contribution in [0.15, 0.2) is 72.8 Å². The van der Waals surface area contributed by atoms with Crippen LogP contribution in [0.4, 0.5) is 10.1 Å². The summed E-state index contributed by atoms with van der Waals surface area (Å²) in [6.45, 7) is 7.13. The van der Waals surface area contributed by atoms with Crippen molar-refractivity contribution in [2.45, 2.75) is 45.8 Å². The Morgan fingerprint density at radius 2 is 1.63 bits per heavy atom. The molecule has 1 heterocycles. The van der Waals surface area contributed by atoms with Gasteiger partial charge < -0.3 is 10.4 Å². The van der Waals surface area contributed by atoms with Crippen LogP contribution in [0, 0.1) is 12.7 Å². The third-order valence-electron chi connectivity index (χ3n) is 5.63. The first-order valence-corrected chi connectivity index (χ1v) is 12.0. The van der Waals surface area contributed by atoms with E-state index in [0.29, 0.717) is 17.1 Å². The number of aryl methyl sites for hydroxylation is 1. The second-order valence-electron chi connectivity index (χ2n) is 9.98. The number of halogens is 1. The number of amides is 2. The molecule has 38 heavy (non-hydrogen) atoms. The maximum Gasteiger partial charge on any atom is 0.251 e. The van der Waals surface area contributed by atoms with Crippen LogP contribution in [0.3, 0.4) is 0 Å². The van der Waals surface area contributed by atoms with Gasteiger partial charge in [0, 0.05) is 16.8 Å². The maximum absolute atomic E-state index is 13.8. The zero-order valence-electron chi connectivity index (χ0n) is 21.6. The van der Waals surface area contributed by atoms with Crippen molar-refractivity contribution in [1.82, 2.24) is 25.5 Å². The molecule has 0 saturated heterocycles. The highest BCUT2D eigenvalue weighted by Gasteiger charge is 2.35. The second kappa shape index (κ2) is 10.8. The van der Waals surface area contributed by atoms with Gasteiger partial charge in [-0.25, -0.2) is 4.39 Å². The van der Waals surface area contributed by atoms with Gasteiger partial charge in [0.1, 0.15) is 24.2 Å². The molecule has 2 amide bonds. The van der Waals surface area contributed by atoms with E-state index in [1.54, 1.807) is 12.1 Å². The summed E-state index contributed by atoms with van der Waals surface area (Å²) in [7, 11) is 0. The largest absolute Gasteiger partial charge is 0.508 e. The Hall–Kier alpha value is -4.60. The highest BCUT2D eigenvalue weighted by molar-refractivity contribution is 6.01. The van der Waals surface area contributed by atoms with Crippen molar-refractivity contribution in [3.8, 4) is 17.1 Å². The molecule has 3 aromatic carbocycles. The lowest BCUT2D eigenvalue weighted by atomic mass is 10.0. The molecule has 0 fully saturated rings. The topological polar surface area (TPSA) is 113 Å². The van der Waals surface area contributed by atoms with E-state index >= 15 is 0 Å². The molecule has 1 aromatic heterocycles. The molecular formula is C28H29FN6O3. The first-order valence-electron chi connectivity index (χ1n) is 12.0. The van der Waals surface area contributed by atoms with Gasteiger partial charge >= 0.3 is 0 Å². The Morgan fingerprint density at radius 3 is 2.24 bits per heavy atom. The van der Waals surface area contributed by atoms with E-state index in [0.717, 1.165) is 15.9 Å². The van der Waals surface area contributed by atoms with Crippen molar-refractivity contribution in [2.75, 3.05) is 4.90 Å². The Balaban J connectivity index is 1.73. The number of carbonyl (C=O) groups excluding carboxylic acids is 2. The zero-order valence-corrected chi connectivity index (χ0v) is 21.6. The van der Waals surface area contributed by atoms with Crippen LogP contribution in [0.25, 0.3) is 11.4 Å². The van der Waals surface area contributed by atoms with Gasteiger partial charge in [0.05, 0.1) is 0 Å². The van der Waals surface area contributed by atoms with Crippen LogP contribution in [0.5, 0.6) is 5.75 Å². The lowest BCUT2D eigenvalue weighted by Gasteiger charge is -2.33. The summed E-state index contributed by atoms with van der Waals surface area (Å²) >= 11 is 0. The number of nitrogens with one attached hydrogen (secondary N) is 1. The van der Waals surface area contributed by atoms with Gasteiger partial charge in [0.15, 0.2) is 0 Å². The first kappa shape index (κ1) is 26.5. The molecule has 0 bridgehead atoms. The third kappa shape index (κ3) is 6.39. The number of phenolic OH excluding ortho intramolecular Hbond substituents is 1. The fraction of sp³-hybridized carbons (Fsp3) is 0.250. The van der Waals surface area contributed by atoms with Crippen LogP contribution in [0.1, 0.15) is 37.9 Å². The van der Waals surface area contributed by atoms with Crippen LogP contribution >= 0.6 is 0 Å². The van der Waals surface area contributed by atoms with Crippen LogP contribution in [-0.4, -0.2) is 42.7 Å². The summed E-state index contributed by atoms with van der Waals surface area (Å²) in [5.74, 6) is -1.09. The molecule has 9 nitrogen and oxygen atoms in total. The summed E-state index contributed by atoms with van der Waals surface area (Å²) in [5.41, 5.74) is 1.99. The smallest absolute Gasteiger partial charge is 0.251 e. The van der Waals surface area contributed by atoms with Gasteiger partial charge in [-0.05, 0) is 74.9 Å². The van der Waals surface area contributed by atoms with E-state index in [1.165, 1.54) is 41.3 Å². The van der Waals surface area contributed by atoms with Crippen molar-refractivity contribution in [3.63, 3.8) is 0 Å². The monoisotopic (exact) mass is 516 g/mol. The normalized spacial score (nSPS) is 12.1. The van der Waals surface area contributed by atoms with Crippen LogP contribution in [0.2, 0.25) is 0 Å². The SMILES string of the molecule is Cc1ccc(-c2nnn(CC(=O)N(c3ccc(F)cc3)[C@H](C(=O)NC(C)(C)C)c3ccc(O)cc3)n2)cc1. The lowest BCUT2D eigenvalue weighted by molar-refractivity contribution is -0.128. The highest BCUT2D eigenvalue weighted by atomic mass is 19.1. The molecule has 10 heteroatoms. The van der Waals surface area contributed by atoms with E-state index in [-0.39, 0.29) is 12.3 Å². The Kier molecular flexibility index (Phi) is 7.52. The maximum atomic E-state index is 13.8. The molecule has 0 radical (unpaired) electrons. The van der Waals surface area contributed by atoms with Crippen molar-refractivity contribution >= 4 is 17.5 Å². The van der Waals surface area contributed by atoms with Gasteiger partial charge in [0.2, 0.25) is 11.7 Å². The molecule has 0 aliphatic rings. The van der Waals surface area contributed by atoms with E-state index in [4.69, 9.17) is 0 Å². The van der Waals surface area contributed by atoms with E-state index in [1.807, 2.05) is 52.0 Å². The number of anilines is 1. The van der Waals surface area contributed by atoms with Gasteiger partial charge in [0.25, 0.3) is 5.91 Å². The molecular weight excluding hydrogens is 487 g/mol. The second-order valence-corrected chi connectivity index (χ2v) is 9.98. The predicted octanol–water partition coefficient (Wildman–Crippen LogP) is 4.18. The van der Waals surface area contributed by atoms with Gasteiger partial charge in [-0.3, -0.25) is 14.5 Å². The Labute approximate surface area is 219 Å². The molecule has 0 spiro atoms. The zero-order chi connectivity index (χ0) is 27.4. The van der Waals surface area contributed by atoms with Crippen LogP contribution < -0.4 is 10.2 Å². The molecule has 0 aliphatic heterocycles. The minimum Gasteiger partial charge on any atom is -0.508 e. The summed E-state index contributed by atoms with van der Waals surface area (Å²) < 4.78 is 13.8. The Bertz CT molecular complexity index is 1410. The summed E-state index contributed by atoms with van der Waals surface area (Å²) in [6.07, 6.45) is 0. The summed E-state index contributed by atoms with van der Waals surface area (Å²) in [6, 6.07) is 17.7. The summed E-state index contributed by atoms with van der Waals surface area (Å²) in [4.78, 5) is 29.9. The quantitative estimate of drug-likeness (QED) is 0.381. The minimum absolute atomic E-state index is 0.0128. The minimum atomic E-state index is -1.13. The lowest BCUT2D eigenvalue weighted by Crippen LogP contribution is -2.50. The van der Waals surface area contributed by atoms with Gasteiger partial charge in [-0.1, -0.05) is 42.0 Å². The van der Waals surface area contributed by atoms with Crippen molar-refractivity contribution < 1.29 is 19.1 Å². The summed E-state index contributed by atoms with van der Waals surface area (Å²) in [5, 5.41) is 25.2. The Morgan fingerprint density at radius 1 is 1.00 bits per heavy atom. The number of nitrogens with zero attached hydrogens (tertiary/aromatic N) is 5. The highest BCUT2D eigenvalue weighted by Crippen LogP contribution is 2.30. The van der Waals surface area contributed by atoms with E-state index in [2.05, 4.69) is 20.7 Å². The molecule has 0 saturated carbocycles. The number of benzene rings is 3. The van der Waals surface area contributed by atoms with Crippen molar-refractivity contribution in [2.24, 2.45) is 0 Å². The van der Waals surface area contributed by atoms with E-state index < -0.39 is 29.2 Å². The fourth-order valence-electron chi connectivity index (χ4n) is 3.88. The molecule has 2 N–H and O–H groups in total.